The van der Waals surface area contributed by atoms with Crippen LogP contribution in [0.15, 0.2) is 29.4 Å². The lowest BCUT2D eigenvalue weighted by Gasteiger charge is -2.26. The molecule has 7 heteroatoms. The summed E-state index contributed by atoms with van der Waals surface area (Å²) in [5.74, 6) is -0.0318. The lowest BCUT2D eigenvalue weighted by atomic mass is 10.0. The van der Waals surface area contributed by atoms with Crippen LogP contribution in [-0.2, 0) is 14.4 Å². The molecule has 0 aromatic heterocycles. The van der Waals surface area contributed by atoms with Gasteiger partial charge in [-0.1, -0.05) is 17.3 Å². The predicted octanol–water partition coefficient (Wildman–Crippen LogP) is 0.334. The molecule has 0 bridgehead atoms. The zero-order chi connectivity index (χ0) is 16.1. The molecule has 2 heterocycles. The number of morpholine rings is 1. The van der Waals surface area contributed by atoms with Crippen molar-refractivity contribution in [2.75, 3.05) is 39.4 Å². The molecule has 3 rings (SSSR count). The van der Waals surface area contributed by atoms with Crippen molar-refractivity contribution < 1.29 is 19.5 Å². The molecule has 0 radical (unpaired) electrons. The average Bonchev–Trinajstić information content (AvgIpc) is 3.06. The Kier molecular flexibility index (Phi) is 5.09. The summed E-state index contributed by atoms with van der Waals surface area (Å²) in [6.45, 7) is 4.67. The summed E-state index contributed by atoms with van der Waals surface area (Å²) in [6.07, 6.45) is -0.268. The normalized spacial score (nSPS) is 21.6. The standard InChI is InChI=1S/C16H21N3O4/c20-14-4-2-1-3-12(14)13-11-15(23-18-13)16(21)17-5-6-19-7-9-22-10-8-19/h1-4,15,20H,5-11H2,(H,17,21)/t15-/m1/s1. The second-order valence-electron chi connectivity index (χ2n) is 5.60. The van der Waals surface area contributed by atoms with Gasteiger partial charge in [0, 0.05) is 38.2 Å². The number of oxime groups is 1. The van der Waals surface area contributed by atoms with Gasteiger partial charge in [0.2, 0.25) is 6.10 Å². The number of phenolic OH excluding ortho intramolecular Hbond substituents is 1. The lowest BCUT2D eigenvalue weighted by molar-refractivity contribution is -0.131. The second-order valence-corrected chi connectivity index (χ2v) is 5.60. The topological polar surface area (TPSA) is 83.4 Å². The largest absolute Gasteiger partial charge is 0.507 e. The highest BCUT2D eigenvalue weighted by molar-refractivity contribution is 6.05. The molecule has 1 aromatic rings. The van der Waals surface area contributed by atoms with Crippen LogP contribution < -0.4 is 5.32 Å². The van der Waals surface area contributed by atoms with Gasteiger partial charge in [0.1, 0.15) is 5.75 Å². The first-order chi connectivity index (χ1) is 11.2. The van der Waals surface area contributed by atoms with Crippen LogP contribution in [0.3, 0.4) is 0 Å². The van der Waals surface area contributed by atoms with E-state index in [2.05, 4.69) is 15.4 Å². The molecule has 1 saturated heterocycles. The molecule has 7 nitrogen and oxygen atoms in total. The van der Waals surface area contributed by atoms with Crippen LogP contribution >= 0.6 is 0 Å². The number of ether oxygens (including phenoxy) is 1. The third-order valence-electron chi connectivity index (χ3n) is 4.01. The molecule has 1 fully saturated rings. The monoisotopic (exact) mass is 319 g/mol. The number of hydrogen-bond acceptors (Lipinski definition) is 6. The number of nitrogens with zero attached hydrogens (tertiary/aromatic N) is 2. The Morgan fingerprint density at radius 1 is 1.35 bits per heavy atom. The number of nitrogens with one attached hydrogen (secondary N) is 1. The zero-order valence-electron chi connectivity index (χ0n) is 12.9. The number of benzene rings is 1. The van der Waals surface area contributed by atoms with Gasteiger partial charge >= 0.3 is 0 Å². The van der Waals surface area contributed by atoms with Crippen molar-refractivity contribution in [3.05, 3.63) is 29.8 Å². The molecule has 0 saturated carbocycles. The molecule has 1 atom stereocenters. The van der Waals surface area contributed by atoms with Crippen LogP contribution in [0.4, 0.5) is 0 Å². The molecule has 23 heavy (non-hydrogen) atoms. The average molecular weight is 319 g/mol. The van der Waals surface area contributed by atoms with Gasteiger partial charge in [-0.3, -0.25) is 9.69 Å². The van der Waals surface area contributed by atoms with Gasteiger partial charge in [0.15, 0.2) is 0 Å². The van der Waals surface area contributed by atoms with E-state index in [1.807, 2.05) is 6.07 Å². The van der Waals surface area contributed by atoms with Crippen molar-refractivity contribution in [1.82, 2.24) is 10.2 Å². The molecule has 0 aliphatic carbocycles. The first-order valence-electron chi connectivity index (χ1n) is 7.83. The Hall–Kier alpha value is -2.12. The van der Waals surface area contributed by atoms with Crippen molar-refractivity contribution in [3.8, 4) is 5.75 Å². The number of para-hydroxylation sites is 1. The van der Waals surface area contributed by atoms with Crippen molar-refractivity contribution in [1.29, 1.82) is 0 Å². The number of carbonyl (C=O) groups excluding carboxylic acids is 1. The summed E-state index contributed by atoms with van der Waals surface area (Å²) in [7, 11) is 0. The maximum Gasteiger partial charge on any atom is 0.264 e. The van der Waals surface area contributed by atoms with Gasteiger partial charge in [-0.05, 0) is 12.1 Å². The number of rotatable bonds is 5. The zero-order valence-corrected chi connectivity index (χ0v) is 12.9. The van der Waals surface area contributed by atoms with E-state index >= 15 is 0 Å². The summed E-state index contributed by atoms with van der Waals surface area (Å²) >= 11 is 0. The fourth-order valence-electron chi connectivity index (χ4n) is 2.67. The quantitative estimate of drug-likeness (QED) is 0.817. The van der Waals surface area contributed by atoms with E-state index in [1.165, 1.54) is 0 Å². The maximum absolute atomic E-state index is 12.1. The Morgan fingerprint density at radius 3 is 2.91 bits per heavy atom. The summed E-state index contributed by atoms with van der Waals surface area (Å²) in [6, 6.07) is 6.90. The number of carbonyl (C=O) groups is 1. The fourth-order valence-corrected chi connectivity index (χ4v) is 2.67. The molecule has 2 aliphatic rings. The van der Waals surface area contributed by atoms with Gasteiger partial charge in [0.05, 0.1) is 18.9 Å². The van der Waals surface area contributed by atoms with E-state index in [9.17, 15) is 9.90 Å². The van der Waals surface area contributed by atoms with E-state index in [1.54, 1.807) is 18.2 Å². The predicted molar refractivity (Wildman–Crippen MR) is 84.4 cm³/mol. The first-order valence-corrected chi connectivity index (χ1v) is 7.83. The minimum Gasteiger partial charge on any atom is -0.507 e. The first kappa shape index (κ1) is 15.8. The SMILES string of the molecule is O=C(NCCN1CCOCC1)[C@H]1CC(c2ccccc2O)=NO1. The van der Waals surface area contributed by atoms with Crippen molar-refractivity contribution in [3.63, 3.8) is 0 Å². The third-order valence-corrected chi connectivity index (χ3v) is 4.01. The van der Waals surface area contributed by atoms with Gasteiger partial charge in [0.25, 0.3) is 5.91 Å². The van der Waals surface area contributed by atoms with Crippen LogP contribution in [0, 0.1) is 0 Å². The van der Waals surface area contributed by atoms with Gasteiger partial charge < -0.3 is 20.0 Å². The molecular weight excluding hydrogens is 298 g/mol. The number of hydrogen-bond donors (Lipinski definition) is 2. The highest BCUT2D eigenvalue weighted by atomic mass is 16.6. The molecule has 124 valence electrons. The molecule has 1 amide bonds. The number of amides is 1. The van der Waals surface area contributed by atoms with Crippen LogP contribution in [0.2, 0.25) is 0 Å². The molecule has 1 aromatic carbocycles. The fraction of sp³-hybridized carbons (Fsp3) is 0.500. The van der Waals surface area contributed by atoms with E-state index in [-0.39, 0.29) is 11.7 Å². The Bertz CT molecular complexity index is 584. The van der Waals surface area contributed by atoms with Crippen molar-refractivity contribution in [2.24, 2.45) is 5.16 Å². The van der Waals surface area contributed by atoms with Crippen LogP contribution in [-0.4, -0.2) is 67.1 Å². The summed E-state index contributed by atoms with van der Waals surface area (Å²) in [5.41, 5.74) is 1.20. The number of phenols is 1. The van der Waals surface area contributed by atoms with E-state index in [4.69, 9.17) is 9.57 Å². The summed E-state index contributed by atoms with van der Waals surface area (Å²) < 4.78 is 5.29. The van der Waals surface area contributed by atoms with Crippen LogP contribution in [0.1, 0.15) is 12.0 Å². The van der Waals surface area contributed by atoms with Crippen LogP contribution in [0.25, 0.3) is 0 Å². The lowest BCUT2D eigenvalue weighted by Crippen LogP contribution is -2.43. The summed E-state index contributed by atoms with van der Waals surface area (Å²) in [5, 5.41) is 16.6. The highest BCUT2D eigenvalue weighted by Gasteiger charge is 2.29. The third kappa shape index (κ3) is 4.00. The van der Waals surface area contributed by atoms with Gasteiger partial charge in [-0.25, -0.2) is 0 Å². The van der Waals surface area contributed by atoms with E-state index < -0.39 is 6.10 Å². The maximum atomic E-state index is 12.1. The molecule has 2 aliphatic heterocycles. The van der Waals surface area contributed by atoms with Gasteiger partial charge in [-0.2, -0.15) is 0 Å². The molecule has 0 unspecified atom stereocenters. The number of aromatic hydroxyl groups is 1. The Balaban J connectivity index is 1.44. The molecule has 2 N–H and O–H groups in total. The van der Waals surface area contributed by atoms with Crippen LogP contribution in [0.5, 0.6) is 5.75 Å². The molecule has 0 spiro atoms. The molecular formula is C16H21N3O4. The Morgan fingerprint density at radius 2 is 2.13 bits per heavy atom. The summed E-state index contributed by atoms with van der Waals surface area (Å²) in [4.78, 5) is 19.6. The van der Waals surface area contributed by atoms with E-state index in [0.29, 0.717) is 24.2 Å². The van der Waals surface area contributed by atoms with Gasteiger partial charge in [-0.15, -0.1) is 0 Å². The second kappa shape index (κ2) is 7.43. The van der Waals surface area contributed by atoms with Crippen molar-refractivity contribution in [2.45, 2.75) is 12.5 Å². The van der Waals surface area contributed by atoms with E-state index in [0.717, 1.165) is 32.8 Å². The highest BCUT2D eigenvalue weighted by Crippen LogP contribution is 2.23. The minimum absolute atomic E-state index is 0.142. The minimum atomic E-state index is -0.630. The Labute approximate surface area is 134 Å². The van der Waals surface area contributed by atoms with Crippen molar-refractivity contribution >= 4 is 11.6 Å². The smallest absolute Gasteiger partial charge is 0.264 e.